The van der Waals surface area contributed by atoms with Gasteiger partial charge in [0.25, 0.3) is 0 Å². The van der Waals surface area contributed by atoms with Crippen LogP contribution in [-0.2, 0) is 4.79 Å². The van der Waals surface area contributed by atoms with Gasteiger partial charge < -0.3 is 15.2 Å². The molecule has 1 heterocycles. The van der Waals surface area contributed by atoms with Gasteiger partial charge in [-0.3, -0.25) is 4.79 Å². The molecule has 3 aliphatic carbocycles. The van der Waals surface area contributed by atoms with E-state index in [0.29, 0.717) is 28.8 Å². The zero-order valence-electron chi connectivity index (χ0n) is 20.5. The van der Waals surface area contributed by atoms with Crippen LogP contribution < -0.4 is 15.2 Å². The number of hydrogen-bond acceptors (Lipinski definition) is 7. The number of nitriles is 1. The van der Waals surface area contributed by atoms with E-state index in [1.54, 1.807) is 0 Å². The summed E-state index contributed by atoms with van der Waals surface area (Å²) in [7, 11) is 0. The van der Waals surface area contributed by atoms with Crippen LogP contribution in [0.2, 0.25) is 0 Å². The molecule has 7 nitrogen and oxygen atoms in total. The summed E-state index contributed by atoms with van der Waals surface area (Å²) < 4.78 is 12.2. The quantitative estimate of drug-likeness (QED) is 0.308. The van der Waals surface area contributed by atoms with Crippen molar-refractivity contribution in [1.29, 1.82) is 5.26 Å². The lowest BCUT2D eigenvalue weighted by Crippen LogP contribution is -2.53. The van der Waals surface area contributed by atoms with Crippen molar-refractivity contribution < 1.29 is 14.3 Å². The summed E-state index contributed by atoms with van der Waals surface area (Å²) in [5.41, 5.74) is 8.25. The standard InChI is InChI=1S/C30H28N4O3/c31-17-21(12-19-6-7-19)27(35)22-13-30(14-22)15-25(16-30)37-29-26(28(32)33-18-34-29)20-8-10-24(11-9-20)36-23-4-2-1-3-5-23/h1-5,8-12,18-19,22,25H,6-7,13-16H2,(H2,32,33,34)/b21-12-. The molecular weight excluding hydrogens is 464 g/mol. The molecule has 37 heavy (non-hydrogen) atoms. The van der Waals surface area contributed by atoms with Crippen molar-refractivity contribution >= 4 is 11.6 Å². The predicted octanol–water partition coefficient (Wildman–Crippen LogP) is 5.88. The maximum atomic E-state index is 12.7. The number of nitrogens with zero attached hydrogens (tertiary/aromatic N) is 3. The lowest BCUT2D eigenvalue weighted by molar-refractivity contribution is -0.139. The van der Waals surface area contributed by atoms with Gasteiger partial charge in [0.05, 0.1) is 11.1 Å². The van der Waals surface area contributed by atoms with Crippen LogP contribution in [-0.4, -0.2) is 21.9 Å². The summed E-state index contributed by atoms with van der Waals surface area (Å²) in [6.45, 7) is 0. The van der Waals surface area contributed by atoms with Gasteiger partial charge in [0.1, 0.15) is 35.8 Å². The van der Waals surface area contributed by atoms with Crippen molar-refractivity contribution in [2.75, 3.05) is 5.73 Å². The molecule has 0 amide bonds. The third kappa shape index (κ3) is 4.79. The van der Waals surface area contributed by atoms with Gasteiger partial charge in [0.15, 0.2) is 5.78 Å². The zero-order chi connectivity index (χ0) is 25.4. The number of ketones is 1. The second kappa shape index (κ2) is 9.36. The number of benzene rings is 2. The first kappa shape index (κ1) is 23.2. The van der Waals surface area contributed by atoms with Crippen LogP contribution in [0, 0.1) is 28.6 Å². The molecule has 6 rings (SSSR count). The molecule has 2 aromatic carbocycles. The highest BCUT2D eigenvalue weighted by Gasteiger charge is 2.56. The fourth-order valence-corrected chi connectivity index (χ4v) is 5.60. The Kier molecular flexibility index (Phi) is 5.88. The smallest absolute Gasteiger partial charge is 0.226 e. The van der Waals surface area contributed by atoms with Gasteiger partial charge in [-0.15, -0.1) is 0 Å². The third-order valence-corrected chi connectivity index (χ3v) is 7.70. The number of allylic oxidation sites excluding steroid dienone is 2. The van der Waals surface area contributed by atoms with Crippen LogP contribution in [0.1, 0.15) is 38.5 Å². The fraction of sp³-hybridized carbons (Fsp3) is 0.333. The number of ether oxygens (including phenoxy) is 2. The van der Waals surface area contributed by atoms with Crippen LogP contribution >= 0.6 is 0 Å². The molecule has 7 heteroatoms. The molecule has 2 N–H and O–H groups in total. The average molecular weight is 493 g/mol. The highest BCUT2D eigenvalue weighted by Crippen LogP contribution is 2.60. The van der Waals surface area contributed by atoms with Gasteiger partial charge in [-0.2, -0.15) is 5.26 Å². The number of rotatable bonds is 8. The summed E-state index contributed by atoms with van der Waals surface area (Å²) in [5.74, 6) is 2.73. The molecule has 0 atom stereocenters. The monoisotopic (exact) mass is 492 g/mol. The second-order valence-electron chi connectivity index (χ2n) is 10.5. The molecule has 186 valence electrons. The first-order valence-electron chi connectivity index (χ1n) is 12.8. The lowest BCUT2D eigenvalue weighted by atomic mass is 9.49. The van der Waals surface area contributed by atoms with E-state index in [0.717, 1.165) is 55.6 Å². The minimum absolute atomic E-state index is 0.0160. The van der Waals surface area contributed by atoms with Crippen molar-refractivity contribution in [2.24, 2.45) is 17.3 Å². The fourth-order valence-electron chi connectivity index (χ4n) is 5.60. The van der Waals surface area contributed by atoms with E-state index in [2.05, 4.69) is 16.0 Å². The number of carbonyl (C=O) groups excluding carboxylic acids is 1. The number of nitrogen functional groups attached to an aromatic ring is 1. The molecular formula is C30H28N4O3. The van der Waals surface area contributed by atoms with Gasteiger partial charge in [0.2, 0.25) is 5.88 Å². The van der Waals surface area contributed by atoms with Crippen molar-refractivity contribution in [1.82, 2.24) is 9.97 Å². The molecule has 1 spiro atoms. The topological polar surface area (TPSA) is 111 Å². The predicted molar refractivity (Wildman–Crippen MR) is 139 cm³/mol. The number of Topliss-reactive ketones (excluding diaryl/α,β-unsaturated/α-hetero) is 1. The largest absolute Gasteiger partial charge is 0.474 e. The third-order valence-electron chi connectivity index (χ3n) is 7.70. The summed E-state index contributed by atoms with van der Waals surface area (Å²) in [6, 6.07) is 19.3. The van der Waals surface area contributed by atoms with E-state index >= 15 is 0 Å². The average Bonchev–Trinajstić information content (AvgIpc) is 3.68. The number of para-hydroxylation sites is 1. The zero-order valence-corrected chi connectivity index (χ0v) is 20.5. The van der Waals surface area contributed by atoms with Gasteiger partial charge >= 0.3 is 0 Å². The van der Waals surface area contributed by atoms with E-state index in [1.165, 1.54) is 6.33 Å². The number of carbonyl (C=O) groups is 1. The van der Waals surface area contributed by atoms with E-state index in [-0.39, 0.29) is 23.2 Å². The highest BCUT2D eigenvalue weighted by molar-refractivity contribution is 6.01. The summed E-state index contributed by atoms with van der Waals surface area (Å²) in [5, 5.41) is 9.38. The first-order valence-corrected chi connectivity index (χ1v) is 12.8. The second-order valence-corrected chi connectivity index (χ2v) is 10.5. The van der Waals surface area contributed by atoms with Gasteiger partial charge in [-0.25, -0.2) is 9.97 Å². The summed E-state index contributed by atoms with van der Waals surface area (Å²) in [4.78, 5) is 21.3. The van der Waals surface area contributed by atoms with Crippen LogP contribution in [0.15, 0.2) is 72.6 Å². The lowest BCUT2D eigenvalue weighted by Gasteiger charge is -2.56. The van der Waals surface area contributed by atoms with Crippen molar-refractivity contribution in [3.8, 4) is 34.6 Å². The number of nitrogens with two attached hydrogens (primary N) is 1. The Bertz CT molecular complexity index is 1380. The SMILES string of the molecule is N#C/C(=C/C1CC1)C(=O)C1CC2(CC(Oc3ncnc(N)c3-c3ccc(Oc4ccccc4)cc3)C2)C1. The highest BCUT2D eigenvalue weighted by atomic mass is 16.5. The maximum absolute atomic E-state index is 12.7. The van der Waals surface area contributed by atoms with E-state index in [1.807, 2.05) is 60.7 Å². The Labute approximate surface area is 216 Å². The Balaban J connectivity index is 1.09. The van der Waals surface area contributed by atoms with E-state index < -0.39 is 0 Å². The Hall–Kier alpha value is -4.18. The summed E-state index contributed by atoms with van der Waals surface area (Å²) in [6.07, 6.45) is 8.90. The molecule has 3 aromatic rings. The first-order chi connectivity index (χ1) is 18.0. The van der Waals surface area contributed by atoms with Crippen LogP contribution in [0.25, 0.3) is 11.1 Å². The molecule has 3 saturated carbocycles. The summed E-state index contributed by atoms with van der Waals surface area (Å²) >= 11 is 0. The Morgan fingerprint density at radius 2 is 1.70 bits per heavy atom. The molecule has 0 saturated heterocycles. The van der Waals surface area contributed by atoms with Crippen molar-refractivity contribution in [2.45, 2.75) is 44.6 Å². The molecule has 0 radical (unpaired) electrons. The molecule has 3 fully saturated rings. The minimum atomic E-state index is -0.0347. The van der Waals surface area contributed by atoms with Crippen molar-refractivity contribution in [3.63, 3.8) is 0 Å². The van der Waals surface area contributed by atoms with Crippen LogP contribution in [0.4, 0.5) is 5.82 Å². The number of hydrogen-bond donors (Lipinski definition) is 1. The van der Waals surface area contributed by atoms with E-state index in [4.69, 9.17) is 15.2 Å². The Morgan fingerprint density at radius 3 is 2.38 bits per heavy atom. The van der Waals surface area contributed by atoms with Crippen LogP contribution in [0.5, 0.6) is 17.4 Å². The minimum Gasteiger partial charge on any atom is -0.474 e. The molecule has 1 aromatic heterocycles. The van der Waals surface area contributed by atoms with Crippen LogP contribution in [0.3, 0.4) is 0 Å². The van der Waals surface area contributed by atoms with Gasteiger partial charge in [-0.05, 0) is 79.7 Å². The molecule has 0 aliphatic heterocycles. The van der Waals surface area contributed by atoms with E-state index in [9.17, 15) is 10.1 Å². The Morgan fingerprint density at radius 1 is 1.00 bits per heavy atom. The normalized spacial score (nSPS) is 24.5. The maximum Gasteiger partial charge on any atom is 0.226 e. The molecule has 0 unspecified atom stereocenters. The molecule has 3 aliphatic rings. The van der Waals surface area contributed by atoms with Gasteiger partial charge in [-0.1, -0.05) is 36.4 Å². The number of anilines is 1. The number of aromatic nitrogens is 2. The molecule has 0 bridgehead atoms. The van der Waals surface area contributed by atoms with Gasteiger partial charge in [0, 0.05) is 5.92 Å². The van der Waals surface area contributed by atoms with Crippen molar-refractivity contribution in [3.05, 3.63) is 72.6 Å².